The van der Waals surface area contributed by atoms with E-state index in [1.165, 1.54) is 25.0 Å². The van der Waals surface area contributed by atoms with E-state index in [1.54, 1.807) is 12.1 Å². The van der Waals surface area contributed by atoms with E-state index in [2.05, 4.69) is 28.3 Å². The first-order chi connectivity index (χ1) is 11.0. The highest BCUT2D eigenvalue weighted by molar-refractivity contribution is 5.19. The SMILES string of the molecule is CC(C)n1ccnc1CN(CC(O)c1ccc(F)cc1)C1CC1. The minimum atomic E-state index is -0.612. The molecule has 1 N–H and O–H groups in total. The topological polar surface area (TPSA) is 41.3 Å². The maximum Gasteiger partial charge on any atom is 0.123 e. The average molecular weight is 317 g/mol. The van der Waals surface area contributed by atoms with Crippen LogP contribution in [0, 0.1) is 5.82 Å². The number of hydrogen-bond donors (Lipinski definition) is 1. The van der Waals surface area contributed by atoms with Crippen LogP contribution in [0.25, 0.3) is 0 Å². The number of aliphatic hydroxyl groups excluding tert-OH is 1. The molecule has 1 unspecified atom stereocenters. The second-order valence-electron chi connectivity index (χ2n) is 6.57. The molecule has 1 aromatic heterocycles. The lowest BCUT2D eigenvalue weighted by molar-refractivity contribution is 0.102. The fraction of sp³-hybridized carbons (Fsp3) is 0.500. The van der Waals surface area contributed by atoms with Crippen molar-refractivity contribution >= 4 is 0 Å². The Morgan fingerprint density at radius 2 is 2.00 bits per heavy atom. The van der Waals surface area contributed by atoms with Gasteiger partial charge in [-0.3, -0.25) is 4.90 Å². The quantitative estimate of drug-likeness (QED) is 0.852. The van der Waals surface area contributed by atoms with Crippen molar-refractivity contribution in [2.75, 3.05) is 6.54 Å². The van der Waals surface area contributed by atoms with Gasteiger partial charge in [-0.1, -0.05) is 12.1 Å². The van der Waals surface area contributed by atoms with Gasteiger partial charge in [-0.15, -0.1) is 0 Å². The molecule has 4 nitrogen and oxygen atoms in total. The Bertz CT molecular complexity index is 634. The van der Waals surface area contributed by atoms with Crippen LogP contribution in [0.3, 0.4) is 0 Å². The van der Waals surface area contributed by atoms with Crippen LogP contribution in [-0.4, -0.2) is 32.1 Å². The summed E-state index contributed by atoms with van der Waals surface area (Å²) in [5, 5.41) is 10.5. The summed E-state index contributed by atoms with van der Waals surface area (Å²) in [5.74, 6) is 0.747. The molecule has 1 saturated carbocycles. The third-order valence-electron chi connectivity index (χ3n) is 4.38. The van der Waals surface area contributed by atoms with Crippen molar-refractivity contribution in [2.24, 2.45) is 0 Å². The number of benzene rings is 1. The number of aliphatic hydroxyl groups is 1. The fourth-order valence-electron chi connectivity index (χ4n) is 2.91. The smallest absolute Gasteiger partial charge is 0.123 e. The van der Waals surface area contributed by atoms with Crippen LogP contribution in [0.4, 0.5) is 4.39 Å². The number of aromatic nitrogens is 2. The summed E-state index contributed by atoms with van der Waals surface area (Å²) in [5.41, 5.74) is 0.754. The lowest BCUT2D eigenvalue weighted by Gasteiger charge is -2.25. The molecule has 0 aliphatic heterocycles. The first-order valence-electron chi connectivity index (χ1n) is 8.24. The molecule has 1 aliphatic carbocycles. The summed E-state index contributed by atoms with van der Waals surface area (Å²) in [6, 6.07) is 6.98. The molecule has 3 rings (SSSR count). The van der Waals surface area contributed by atoms with Crippen molar-refractivity contribution in [2.45, 2.75) is 51.4 Å². The minimum absolute atomic E-state index is 0.279. The molecule has 2 aromatic rings. The summed E-state index contributed by atoms with van der Waals surface area (Å²) >= 11 is 0. The van der Waals surface area contributed by atoms with Gasteiger partial charge in [0.15, 0.2) is 0 Å². The largest absolute Gasteiger partial charge is 0.387 e. The third kappa shape index (κ3) is 3.98. The fourth-order valence-corrected chi connectivity index (χ4v) is 2.91. The summed E-state index contributed by atoms with van der Waals surface area (Å²) in [7, 11) is 0. The number of nitrogens with zero attached hydrogens (tertiary/aromatic N) is 3. The molecule has 1 aliphatic rings. The van der Waals surface area contributed by atoms with E-state index in [4.69, 9.17) is 0 Å². The van der Waals surface area contributed by atoms with Gasteiger partial charge in [-0.2, -0.15) is 0 Å². The summed E-state index contributed by atoms with van der Waals surface area (Å²) in [6.07, 6.45) is 5.55. The molecule has 0 spiro atoms. The lowest BCUT2D eigenvalue weighted by Crippen LogP contribution is -2.31. The summed E-state index contributed by atoms with van der Waals surface area (Å²) in [4.78, 5) is 6.76. The van der Waals surface area contributed by atoms with Gasteiger partial charge in [-0.05, 0) is 44.4 Å². The van der Waals surface area contributed by atoms with E-state index in [9.17, 15) is 9.50 Å². The Labute approximate surface area is 136 Å². The second-order valence-corrected chi connectivity index (χ2v) is 6.57. The van der Waals surface area contributed by atoms with Crippen molar-refractivity contribution in [3.63, 3.8) is 0 Å². The molecule has 124 valence electrons. The molecule has 0 saturated heterocycles. The Morgan fingerprint density at radius 1 is 1.30 bits per heavy atom. The highest BCUT2D eigenvalue weighted by atomic mass is 19.1. The first-order valence-corrected chi connectivity index (χ1v) is 8.24. The van der Waals surface area contributed by atoms with Gasteiger partial charge in [-0.25, -0.2) is 9.37 Å². The molecule has 5 heteroatoms. The maximum absolute atomic E-state index is 13.0. The molecular formula is C18H24FN3O. The summed E-state index contributed by atoms with van der Waals surface area (Å²) in [6.45, 7) is 5.55. The van der Waals surface area contributed by atoms with Gasteiger partial charge in [0.2, 0.25) is 0 Å². The summed E-state index contributed by atoms with van der Waals surface area (Å²) < 4.78 is 15.2. The van der Waals surface area contributed by atoms with E-state index >= 15 is 0 Å². The Hall–Kier alpha value is -1.72. The van der Waals surface area contributed by atoms with Gasteiger partial charge in [0.25, 0.3) is 0 Å². The Kier molecular flexibility index (Phi) is 4.78. The molecule has 0 amide bonds. The van der Waals surface area contributed by atoms with Gasteiger partial charge >= 0.3 is 0 Å². The van der Waals surface area contributed by atoms with E-state index in [0.717, 1.165) is 17.9 Å². The zero-order valence-electron chi connectivity index (χ0n) is 13.7. The first kappa shape index (κ1) is 16.1. The molecule has 0 radical (unpaired) electrons. The van der Waals surface area contributed by atoms with Crippen molar-refractivity contribution in [3.05, 3.63) is 53.9 Å². The number of halogens is 1. The monoisotopic (exact) mass is 317 g/mol. The predicted molar refractivity (Wildman–Crippen MR) is 87.4 cm³/mol. The third-order valence-corrected chi connectivity index (χ3v) is 4.38. The van der Waals surface area contributed by atoms with E-state index in [1.807, 2.05) is 12.4 Å². The van der Waals surface area contributed by atoms with Crippen LogP contribution in [0.2, 0.25) is 0 Å². The molecule has 1 aromatic carbocycles. The molecule has 0 bridgehead atoms. The lowest BCUT2D eigenvalue weighted by atomic mass is 10.1. The molecule has 23 heavy (non-hydrogen) atoms. The van der Waals surface area contributed by atoms with Crippen LogP contribution >= 0.6 is 0 Å². The van der Waals surface area contributed by atoms with Gasteiger partial charge in [0.05, 0.1) is 12.6 Å². The minimum Gasteiger partial charge on any atom is -0.387 e. The van der Waals surface area contributed by atoms with E-state index in [0.29, 0.717) is 18.6 Å². The number of rotatable bonds is 7. The molecule has 1 atom stereocenters. The zero-order valence-corrected chi connectivity index (χ0v) is 13.7. The molecule has 1 heterocycles. The van der Waals surface area contributed by atoms with Crippen LogP contribution in [0.15, 0.2) is 36.7 Å². The Morgan fingerprint density at radius 3 is 2.61 bits per heavy atom. The van der Waals surface area contributed by atoms with Crippen molar-refractivity contribution in [3.8, 4) is 0 Å². The van der Waals surface area contributed by atoms with Crippen LogP contribution in [0.5, 0.6) is 0 Å². The van der Waals surface area contributed by atoms with Gasteiger partial charge < -0.3 is 9.67 Å². The second kappa shape index (κ2) is 6.81. The van der Waals surface area contributed by atoms with Crippen molar-refractivity contribution in [1.29, 1.82) is 0 Å². The van der Waals surface area contributed by atoms with E-state index < -0.39 is 6.10 Å². The number of imidazole rings is 1. The van der Waals surface area contributed by atoms with Gasteiger partial charge in [0, 0.05) is 31.0 Å². The maximum atomic E-state index is 13.0. The van der Waals surface area contributed by atoms with Crippen molar-refractivity contribution in [1.82, 2.24) is 14.5 Å². The van der Waals surface area contributed by atoms with Crippen LogP contribution < -0.4 is 0 Å². The molecular weight excluding hydrogens is 293 g/mol. The number of hydrogen-bond acceptors (Lipinski definition) is 3. The van der Waals surface area contributed by atoms with Crippen LogP contribution in [0.1, 0.15) is 50.2 Å². The van der Waals surface area contributed by atoms with Crippen molar-refractivity contribution < 1.29 is 9.50 Å². The molecule has 1 fully saturated rings. The highest BCUT2D eigenvalue weighted by Gasteiger charge is 2.31. The predicted octanol–water partition coefficient (Wildman–Crippen LogP) is 3.30. The average Bonchev–Trinajstić information content (AvgIpc) is 3.26. The Balaban J connectivity index is 1.69. The standard InChI is InChI=1S/C18H24FN3O/c1-13(2)22-10-9-20-18(22)12-21(16-7-8-16)11-17(23)14-3-5-15(19)6-4-14/h3-6,9-10,13,16-17,23H,7-8,11-12H2,1-2H3. The van der Waals surface area contributed by atoms with E-state index in [-0.39, 0.29) is 5.82 Å². The van der Waals surface area contributed by atoms with Crippen LogP contribution in [-0.2, 0) is 6.54 Å². The zero-order chi connectivity index (χ0) is 16.4. The normalized spacial score (nSPS) is 16.3. The highest BCUT2D eigenvalue weighted by Crippen LogP contribution is 2.30. The van der Waals surface area contributed by atoms with Gasteiger partial charge in [0.1, 0.15) is 11.6 Å².